The average molecular weight is 448 g/mol. The van der Waals surface area contributed by atoms with Crippen LogP contribution in [0.15, 0.2) is 30.5 Å². The number of aromatic nitrogens is 3. The van der Waals surface area contributed by atoms with Gasteiger partial charge < -0.3 is 23.8 Å². The molecule has 1 amide bonds. The van der Waals surface area contributed by atoms with Gasteiger partial charge in [-0.2, -0.15) is 0 Å². The fourth-order valence-corrected chi connectivity index (χ4v) is 5.23. The molecule has 8 nitrogen and oxygen atoms in total. The summed E-state index contributed by atoms with van der Waals surface area (Å²) in [5.41, 5.74) is 3.17. The monoisotopic (exact) mass is 447 g/mol. The molecule has 2 saturated heterocycles. The lowest BCUT2D eigenvalue weighted by molar-refractivity contribution is -0.132. The molecule has 0 spiro atoms. The summed E-state index contributed by atoms with van der Waals surface area (Å²) in [4.78, 5) is 26.6. The third-order valence-corrected chi connectivity index (χ3v) is 7.14. The van der Waals surface area contributed by atoms with E-state index in [-0.39, 0.29) is 5.91 Å². The zero-order chi connectivity index (χ0) is 22.4. The standard InChI is InChI=1S/C25H29N5O3/c1-28-15-21-24(27-25(30(21)16-23(28)31)17-5-9-32-10-6-17)19-4-2-3-18-13-22(26-14-20(18)19)29-7-11-33-12-8-29/h2-4,13-14,17H,5-12,15-16H2,1H3. The maximum Gasteiger partial charge on any atom is 0.242 e. The number of rotatable bonds is 3. The summed E-state index contributed by atoms with van der Waals surface area (Å²) in [5, 5.41) is 2.24. The fourth-order valence-electron chi connectivity index (χ4n) is 5.23. The molecule has 8 heteroatoms. The fraction of sp³-hybridized carbons (Fsp3) is 0.480. The van der Waals surface area contributed by atoms with Gasteiger partial charge in [0.25, 0.3) is 0 Å². The van der Waals surface area contributed by atoms with Gasteiger partial charge in [-0.3, -0.25) is 4.79 Å². The maximum atomic E-state index is 12.6. The highest BCUT2D eigenvalue weighted by atomic mass is 16.5. The molecule has 5 heterocycles. The number of carbonyl (C=O) groups excluding carboxylic acids is 1. The van der Waals surface area contributed by atoms with Crippen LogP contribution in [0.3, 0.4) is 0 Å². The molecule has 0 atom stereocenters. The Morgan fingerprint density at radius 1 is 1.03 bits per heavy atom. The second kappa shape index (κ2) is 8.43. The van der Waals surface area contributed by atoms with Gasteiger partial charge in [0, 0.05) is 56.4 Å². The highest BCUT2D eigenvalue weighted by molar-refractivity contribution is 5.97. The van der Waals surface area contributed by atoms with Crippen molar-refractivity contribution in [2.75, 3.05) is 51.5 Å². The molecule has 3 aromatic rings. The summed E-state index contributed by atoms with van der Waals surface area (Å²) in [6, 6.07) is 8.54. The van der Waals surface area contributed by atoms with Crippen molar-refractivity contribution < 1.29 is 14.3 Å². The molecule has 0 bridgehead atoms. The molecule has 3 aliphatic rings. The van der Waals surface area contributed by atoms with Crippen LogP contribution in [0.1, 0.15) is 30.3 Å². The first-order valence-electron chi connectivity index (χ1n) is 11.8. The van der Waals surface area contributed by atoms with Gasteiger partial charge in [0.2, 0.25) is 5.91 Å². The Morgan fingerprint density at radius 3 is 2.64 bits per heavy atom. The van der Waals surface area contributed by atoms with Gasteiger partial charge in [-0.05, 0) is 24.3 Å². The molecular formula is C25H29N5O3. The predicted octanol–water partition coefficient (Wildman–Crippen LogP) is 2.80. The topological polar surface area (TPSA) is 72.7 Å². The van der Waals surface area contributed by atoms with E-state index in [9.17, 15) is 4.79 Å². The largest absolute Gasteiger partial charge is 0.381 e. The molecule has 2 aromatic heterocycles. The maximum absolute atomic E-state index is 12.6. The molecule has 2 fully saturated rings. The van der Waals surface area contributed by atoms with E-state index in [4.69, 9.17) is 19.4 Å². The van der Waals surface area contributed by atoms with Crippen LogP contribution >= 0.6 is 0 Å². The quantitative estimate of drug-likeness (QED) is 0.615. The Kier molecular flexibility index (Phi) is 5.27. The van der Waals surface area contributed by atoms with Crippen molar-refractivity contribution in [1.29, 1.82) is 0 Å². The van der Waals surface area contributed by atoms with Crippen LogP contribution in [-0.4, -0.2) is 71.9 Å². The zero-order valence-corrected chi connectivity index (χ0v) is 19.0. The van der Waals surface area contributed by atoms with E-state index < -0.39 is 0 Å². The number of benzene rings is 1. The van der Waals surface area contributed by atoms with Crippen molar-refractivity contribution in [3.05, 3.63) is 42.0 Å². The summed E-state index contributed by atoms with van der Waals surface area (Å²) in [6.45, 7) is 5.62. The van der Waals surface area contributed by atoms with Crippen molar-refractivity contribution in [2.24, 2.45) is 0 Å². The van der Waals surface area contributed by atoms with Gasteiger partial charge >= 0.3 is 0 Å². The van der Waals surface area contributed by atoms with Crippen LogP contribution in [0.2, 0.25) is 0 Å². The first-order chi connectivity index (χ1) is 16.2. The third kappa shape index (κ3) is 3.67. The summed E-state index contributed by atoms with van der Waals surface area (Å²) < 4.78 is 13.2. The number of amides is 1. The molecule has 172 valence electrons. The number of ether oxygens (including phenoxy) is 2. The number of hydrogen-bond donors (Lipinski definition) is 0. The van der Waals surface area contributed by atoms with Gasteiger partial charge in [0.1, 0.15) is 18.2 Å². The number of fused-ring (bicyclic) bond motifs is 2. The van der Waals surface area contributed by atoms with Gasteiger partial charge in [0.15, 0.2) is 0 Å². The van der Waals surface area contributed by atoms with E-state index in [2.05, 4.69) is 33.7 Å². The van der Waals surface area contributed by atoms with Gasteiger partial charge in [-0.1, -0.05) is 18.2 Å². The van der Waals surface area contributed by atoms with E-state index in [0.29, 0.717) is 19.0 Å². The van der Waals surface area contributed by atoms with Gasteiger partial charge in [-0.15, -0.1) is 0 Å². The molecule has 0 unspecified atom stereocenters. The Labute approximate surface area is 193 Å². The van der Waals surface area contributed by atoms with Crippen LogP contribution in [0.5, 0.6) is 0 Å². The highest BCUT2D eigenvalue weighted by Gasteiger charge is 2.31. The predicted molar refractivity (Wildman–Crippen MR) is 125 cm³/mol. The summed E-state index contributed by atoms with van der Waals surface area (Å²) in [5.74, 6) is 2.47. The minimum atomic E-state index is 0.134. The SMILES string of the molecule is CN1Cc2c(-c3cccc4cc(N5CCOCC5)ncc34)nc(C3CCOCC3)n2CC1=O. The lowest BCUT2D eigenvalue weighted by Crippen LogP contribution is -2.37. The van der Waals surface area contributed by atoms with Crippen molar-refractivity contribution >= 4 is 22.5 Å². The van der Waals surface area contributed by atoms with Crippen LogP contribution in [-0.2, 0) is 27.4 Å². The second-order valence-electron chi connectivity index (χ2n) is 9.16. The Balaban J connectivity index is 1.46. The van der Waals surface area contributed by atoms with Crippen molar-refractivity contribution in [2.45, 2.75) is 31.8 Å². The number of hydrogen-bond acceptors (Lipinski definition) is 6. The van der Waals surface area contributed by atoms with E-state index in [0.717, 1.165) is 91.7 Å². The van der Waals surface area contributed by atoms with E-state index in [1.165, 1.54) is 0 Å². The lowest BCUT2D eigenvalue weighted by atomic mass is 9.99. The normalized spacial score (nSPS) is 19.8. The summed E-state index contributed by atoms with van der Waals surface area (Å²) in [7, 11) is 1.87. The first kappa shape index (κ1) is 20.6. The summed E-state index contributed by atoms with van der Waals surface area (Å²) >= 11 is 0. The van der Waals surface area contributed by atoms with Crippen LogP contribution < -0.4 is 4.90 Å². The Bertz CT molecular complexity index is 1190. The van der Waals surface area contributed by atoms with E-state index in [1.54, 1.807) is 4.90 Å². The Morgan fingerprint density at radius 2 is 1.82 bits per heavy atom. The third-order valence-electron chi connectivity index (χ3n) is 7.14. The molecule has 3 aliphatic heterocycles. The second-order valence-corrected chi connectivity index (χ2v) is 9.16. The Hall–Kier alpha value is -2.97. The smallest absolute Gasteiger partial charge is 0.242 e. The van der Waals surface area contributed by atoms with Crippen LogP contribution in [0, 0.1) is 0 Å². The van der Waals surface area contributed by atoms with E-state index in [1.807, 2.05) is 13.2 Å². The number of anilines is 1. The number of carbonyl (C=O) groups is 1. The molecule has 1 aromatic carbocycles. The lowest BCUT2D eigenvalue weighted by Gasteiger charge is -2.28. The van der Waals surface area contributed by atoms with Crippen molar-refractivity contribution in [1.82, 2.24) is 19.4 Å². The van der Waals surface area contributed by atoms with Crippen LogP contribution in [0.25, 0.3) is 22.0 Å². The molecule has 0 N–H and O–H groups in total. The first-order valence-corrected chi connectivity index (χ1v) is 11.8. The zero-order valence-electron chi connectivity index (χ0n) is 19.0. The summed E-state index contributed by atoms with van der Waals surface area (Å²) in [6.07, 6.45) is 3.87. The number of pyridine rings is 1. The molecule has 0 saturated carbocycles. The number of likely N-dealkylation sites (N-methyl/N-ethyl adjacent to an activating group) is 1. The molecule has 33 heavy (non-hydrogen) atoms. The number of morpholine rings is 1. The van der Waals surface area contributed by atoms with E-state index >= 15 is 0 Å². The molecule has 0 radical (unpaired) electrons. The van der Waals surface area contributed by atoms with Gasteiger partial charge in [-0.25, -0.2) is 9.97 Å². The van der Waals surface area contributed by atoms with Gasteiger partial charge in [0.05, 0.1) is 31.1 Å². The molecule has 6 rings (SSSR count). The molecule has 0 aliphatic carbocycles. The van der Waals surface area contributed by atoms with Crippen LogP contribution in [0.4, 0.5) is 5.82 Å². The number of nitrogens with zero attached hydrogens (tertiary/aromatic N) is 5. The minimum Gasteiger partial charge on any atom is -0.381 e. The highest BCUT2D eigenvalue weighted by Crippen LogP contribution is 2.37. The minimum absolute atomic E-state index is 0.134. The molecular weight excluding hydrogens is 418 g/mol. The van der Waals surface area contributed by atoms with Crippen molar-refractivity contribution in [3.8, 4) is 11.3 Å². The van der Waals surface area contributed by atoms with Crippen molar-refractivity contribution in [3.63, 3.8) is 0 Å². The average Bonchev–Trinajstić information content (AvgIpc) is 3.22. The number of imidazole rings is 1.